The quantitative estimate of drug-likeness (QED) is 0.343. The van der Waals surface area contributed by atoms with Crippen molar-refractivity contribution >= 4 is 40.4 Å². The van der Waals surface area contributed by atoms with Gasteiger partial charge in [0.05, 0.1) is 24.6 Å². The molecule has 0 saturated carbocycles. The Labute approximate surface area is 284 Å². The molecule has 3 heterocycles. The molecule has 0 radical (unpaired) electrons. The Morgan fingerprint density at radius 2 is 1.86 bits per heavy atom. The van der Waals surface area contributed by atoms with Crippen molar-refractivity contribution in [3.05, 3.63) is 65.6 Å². The Hall–Kier alpha value is -4.98. The molecule has 1 aromatic heterocycles. The molecule has 0 bridgehead atoms. The van der Waals surface area contributed by atoms with Gasteiger partial charge < -0.3 is 40.0 Å². The number of carbonyl (C=O) groups excluding carboxylic acids is 5. The number of hydrogen-bond acceptors (Lipinski definition) is 7. The lowest BCUT2D eigenvalue weighted by molar-refractivity contribution is -0.140. The van der Waals surface area contributed by atoms with Gasteiger partial charge in [-0.15, -0.1) is 0 Å². The van der Waals surface area contributed by atoms with Crippen LogP contribution in [0.4, 0.5) is 4.39 Å². The molecule has 0 unspecified atom stereocenters. The molecule has 13 nitrogen and oxygen atoms in total. The van der Waals surface area contributed by atoms with Crippen molar-refractivity contribution in [1.82, 2.24) is 35.2 Å². The molecule has 3 N–H and O–H groups in total. The second-order valence-electron chi connectivity index (χ2n) is 13.0. The van der Waals surface area contributed by atoms with Crippen molar-refractivity contribution in [2.45, 2.75) is 43.8 Å². The van der Waals surface area contributed by atoms with E-state index in [-0.39, 0.29) is 74.0 Å². The number of amides is 5. The molecular formula is C35H44FN7O6. The number of aromatic nitrogens is 1. The number of fused-ring (bicyclic) bond motifs is 3. The number of likely N-dealkylation sites (N-methyl/N-ethyl adjacent to an activating group) is 3. The number of H-pyrrole nitrogens is 1. The first-order chi connectivity index (χ1) is 23.4. The Balaban J connectivity index is 1.36. The van der Waals surface area contributed by atoms with Crippen LogP contribution in [0.25, 0.3) is 10.9 Å². The van der Waals surface area contributed by atoms with Crippen molar-refractivity contribution in [1.29, 1.82) is 0 Å². The third-order valence-electron chi connectivity index (χ3n) is 9.11. The highest BCUT2D eigenvalue weighted by atomic mass is 19.1. The lowest BCUT2D eigenvalue weighted by Gasteiger charge is -2.28. The van der Waals surface area contributed by atoms with E-state index in [9.17, 15) is 28.4 Å². The van der Waals surface area contributed by atoms with E-state index < -0.39 is 29.7 Å². The van der Waals surface area contributed by atoms with Crippen LogP contribution in [0, 0.1) is 5.82 Å². The molecule has 2 aliphatic heterocycles. The largest absolute Gasteiger partial charge is 0.491 e. The Morgan fingerprint density at radius 1 is 1.08 bits per heavy atom. The van der Waals surface area contributed by atoms with E-state index in [4.69, 9.17) is 4.74 Å². The third-order valence-corrected chi connectivity index (χ3v) is 9.11. The average Bonchev–Trinajstić information content (AvgIpc) is 3.66. The summed E-state index contributed by atoms with van der Waals surface area (Å²) in [4.78, 5) is 76.3. The highest BCUT2D eigenvalue weighted by Crippen LogP contribution is 2.26. The maximum Gasteiger partial charge on any atom is 0.258 e. The van der Waals surface area contributed by atoms with E-state index in [1.165, 1.54) is 36.0 Å². The number of aromatic amines is 1. The molecule has 49 heavy (non-hydrogen) atoms. The zero-order valence-electron chi connectivity index (χ0n) is 28.3. The van der Waals surface area contributed by atoms with Crippen molar-refractivity contribution in [3.8, 4) is 5.75 Å². The molecule has 3 atom stereocenters. The number of nitrogens with one attached hydrogen (secondary N) is 3. The topological polar surface area (TPSA) is 147 Å². The molecule has 2 aromatic carbocycles. The fourth-order valence-corrected chi connectivity index (χ4v) is 6.38. The van der Waals surface area contributed by atoms with Gasteiger partial charge in [-0.1, -0.05) is 18.2 Å². The highest BCUT2D eigenvalue weighted by Gasteiger charge is 2.38. The number of hydrogen-bond donors (Lipinski definition) is 3. The summed E-state index contributed by atoms with van der Waals surface area (Å²) in [5.41, 5.74) is 1.70. The fourth-order valence-electron chi connectivity index (χ4n) is 6.38. The van der Waals surface area contributed by atoms with Gasteiger partial charge in [-0.3, -0.25) is 24.0 Å². The summed E-state index contributed by atoms with van der Waals surface area (Å²) < 4.78 is 20.6. The minimum absolute atomic E-state index is 0.0181. The second kappa shape index (κ2) is 15.5. The van der Waals surface area contributed by atoms with Crippen LogP contribution in [0.15, 0.2) is 48.7 Å². The van der Waals surface area contributed by atoms with E-state index in [1.807, 2.05) is 49.5 Å². The lowest BCUT2D eigenvalue weighted by Crippen LogP contribution is -2.49. The maximum absolute atomic E-state index is 14.5. The SMILES string of the molecule is CN(C)CCNC(=O)[C@@H]1CCC(=O)N(C)CC(=O)N2C[C@H](NC(=O)Cc3c[nH]c4ccccc34)C[C@H]2COc2ccc(F)cc2C(=O)N1C. The van der Waals surface area contributed by atoms with Gasteiger partial charge in [-0.05, 0) is 56.8 Å². The van der Waals surface area contributed by atoms with Crippen molar-refractivity contribution < 1.29 is 33.1 Å². The van der Waals surface area contributed by atoms with Crippen LogP contribution in [0.5, 0.6) is 5.75 Å². The molecular weight excluding hydrogens is 633 g/mol. The number of benzene rings is 2. The summed E-state index contributed by atoms with van der Waals surface area (Å²) in [5.74, 6) is -2.59. The normalized spacial score (nSPS) is 20.8. The molecule has 262 valence electrons. The van der Waals surface area contributed by atoms with Gasteiger partial charge in [-0.25, -0.2) is 4.39 Å². The first-order valence-corrected chi connectivity index (χ1v) is 16.4. The minimum atomic E-state index is -1.04. The van der Waals surface area contributed by atoms with Gasteiger partial charge >= 0.3 is 0 Å². The van der Waals surface area contributed by atoms with Crippen LogP contribution >= 0.6 is 0 Å². The molecule has 5 rings (SSSR count). The summed E-state index contributed by atoms with van der Waals surface area (Å²) in [7, 11) is 6.67. The van der Waals surface area contributed by atoms with E-state index >= 15 is 0 Å². The zero-order chi connectivity index (χ0) is 35.2. The molecule has 3 aromatic rings. The van der Waals surface area contributed by atoms with Crippen molar-refractivity contribution in [3.63, 3.8) is 0 Å². The number of ether oxygens (including phenoxy) is 1. The van der Waals surface area contributed by atoms with Crippen LogP contribution in [-0.2, 0) is 25.6 Å². The predicted octanol–water partition coefficient (Wildman–Crippen LogP) is 1.38. The first-order valence-electron chi connectivity index (χ1n) is 16.4. The van der Waals surface area contributed by atoms with Crippen LogP contribution < -0.4 is 15.4 Å². The summed E-state index contributed by atoms with van der Waals surface area (Å²) in [6.07, 6.45) is 2.19. The summed E-state index contributed by atoms with van der Waals surface area (Å²) in [6.45, 7) is 0.808. The zero-order valence-corrected chi connectivity index (χ0v) is 28.3. The molecule has 1 saturated heterocycles. The summed E-state index contributed by atoms with van der Waals surface area (Å²) >= 11 is 0. The summed E-state index contributed by atoms with van der Waals surface area (Å²) in [5, 5.41) is 6.82. The standard InChI is InChI=1S/C35H44FN7O6/c1-40(2)14-13-37-34(47)29-10-12-32(45)41(3)20-33(46)43-19-24(39-31(44)15-22-18-38-28-8-6-5-7-26(22)28)17-25(43)21-49-30-11-9-23(36)16-27(30)35(48)42(29)4/h5-9,11,16,18,24-25,29,38H,10,12-15,17,19-21H2,1-4H3,(H,37,47)(H,39,44)/t24-,25+,29+/m1/s1. The van der Waals surface area contributed by atoms with Gasteiger partial charge in [0.15, 0.2) is 0 Å². The van der Waals surface area contributed by atoms with Gasteiger partial charge in [-0.2, -0.15) is 0 Å². The number of para-hydroxylation sites is 1. The number of carbonyl (C=O) groups is 5. The van der Waals surface area contributed by atoms with Crippen LogP contribution in [0.3, 0.4) is 0 Å². The first kappa shape index (κ1) is 35.3. The third kappa shape index (κ3) is 8.55. The minimum Gasteiger partial charge on any atom is -0.491 e. The Morgan fingerprint density at radius 3 is 2.63 bits per heavy atom. The van der Waals surface area contributed by atoms with E-state index in [0.717, 1.165) is 22.5 Å². The van der Waals surface area contributed by atoms with Crippen molar-refractivity contribution in [2.75, 3.05) is 61.0 Å². The van der Waals surface area contributed by atoms with E-state index in [2.05, 4.69) is 15.6 Å². The molecule has 14 heteroatoms. The van der Waals surface area contributed by atoms with Crippen molar-refractivity contribution in [2.24, 2.45) is 0 Å². The smallest absolute Gasteiger partial charge is 0.258 e. The van der Waals surface area contributed by atoms with Gasteiger partial charge in [0, 0.05) is 63.3 Å². The molecule has 0 aliphatic carbocycles. The van der Waals surface area contributed by atoms with Crippen LogP contribution in [0.2, 0.25) is 0 Å². The highest BCUT2D eigenvalue weighted by molar-refractivity contribution is 5.99. The molecule has 0 spiro atoms. The van der Waals surface area contributed by atoms with Crippen LogP contribution in [-0.4, -0.2) is 133 Å². The van der Waals surface area contributed by atoms with E-state index in [1.54, 1.807) is 4.90 Å². The predicted molar refractivity (Wildman–Crippen MR) is 180 cm³/mol. The summed E-state index contributed by atoms with van der Waals surface area (Å²) in [6, 6.07) is 9.34. The van der Waals surface area contributed by atoms with E-state index in [0.29, 0.717) is 19.5 Å². The molecule has 1 fully saturated rings. The maximum atomic E-state index is 14.5. The Kier molecular flexibility index (Phi) is 11.2. The monoisotopic (exact) mass is 677 g/mol. The van der Waals surface area contributed by atoms with Crippen LogP contribution in [0.1, 0.15) is 35.2 Å². The second-order valence-corrected chi connectivity index (χ2v) is 13.0. The molecule has 2 aliphatic rings. The number of nitrogens with zero attached hydrogens (tertiary/aromatic N) is 4. The lowest BCUT2D eigenvalue weighted by atomic mass is 10.1. The number of rotatable bonds is 7. The van der Waals surface area contributed by atoms with Gasteiger partial charge in [0.2, 0.25) is 23.6 Å². The average molecular weight is 678 g/mol. The molecule has 5 amide bonds. The Bertz CT molecular complexity index is 1710. The van der Waals surface area contributed by atoms with Gasteiger partial charge in [0.1, 0.15) is 24.2 Å². The van der Waals surface area contributed by atoms with Gasteiger partial charge in [0.25, 0.3) is 5.91 Å². The number of halogens is 1. The fraction of sp³-hybridized carbons (Fsp3) is 0.457.